The van der Waals surface area contributed by atoms with Gasteiger partial charge in [-0.25, -0.2) is 0 Å². The zero-order chi connectivity index (χ0) is 30.5. The maximum absolute atomic E-state index is 2.42. The molecule has 0 atom stereocenters. The molecule has 0 fully saturated rings. The van der Waals surface area contributed by atoms with Gasteiger partial charge in [-0.15, -0.1) is 0 Å². The van der Waals surface area contributed by atoms with Crippen molar-refractivity contribution in [2.45, 2.75) is 0 Å². The molecule has 0 nitrogen and oxygen atoms in total. The predicted octanol–water partition coefficient (Wildman–Crippen LogP) is 13.0. The highest BCUT2D eigenvalue weighted by Crippen LogP contribution is 2.47. The Morgan fingerprint density at radius 2 is 0.696 bits per heavy atom. The number of fused-ring (bicyclic) bond motifs is 4. The number of hydrogen-bond donors (Lipinski definition) is 0. The summed E-state index contributed by atoms with van der Waals surface area (Å²) in [6.07, 6.45) is 0. The lowest BCUT2D eigenvalue weighted by molar-refractivity contribution is 1.62. The van der Waals surface area contributed by atoms with Crippen molar-refractivity contribution < 1.29 is 0 Å². The van der Waals surface area contributed by atoms with E-state index in [9.17, 15) is 0 Å². The fourth-order valence-corrected chi connectivity index (χ4v) is 7.24. The standard InChI is InChI=1S/C46H30/c1-3-14-32(15-4-1)42-28-35-19-9-10-20-36(35)29-44(42)46-40-22-12-11-21-39(40)45(33-16-5-2-6-17-33)43-30-38(25-26-41(43)46)37-24-23-31-13-7-8-18-34(31)27-37/h1-30H. The van der Waals surface area contributed by atoms with Crippen molar-refractivity contribution in [1.82, 2.24) is 0 Å². The summed E-state index contributed by atoms with van der Waals surface area (Å²) in [7, 11) is 0. The van der Waals surface area contributed by atoms with Crippen LogP contribution in [0.5, 0.6) is 0 Å². The van der Waals surface area contributed by atoms with Crippen LogP contribution in [0, 0.1) is 0 Å². The van der Waals surface area contributed by atoms with Gasteiger partial charge >= 0.3 is 0 Å². The van der Waals surface area contributed by atoms with Crippen LogP contribution in [0.2, 0.25) is 0 Å². The molecule has 0 N–H and O–H groups in total. The molecular formula is C46H30. The van der Waals surface area contributed by atoms with E-state index in [0.29, 0.717) is 0 Å². The van der Waals surface area contributed by atoms with E-state index in [2.05, 4.69) is 182 Å². The van der Waals surface area contributed by atoms with E-state index < -0.39 is 0 Å². The molecular weight excluding hydrogens is 553 g/mol. The average molecular weight is 583 g/mol. The van der Waals surface area contributed by atoms with Crippen molar-refractivity contribution in [2.24, 2.45) is 0 Å². The largest absolute Gasteiger partial charge is 0.0622 e. The van der Waals surface area contributed by atoms with Gasteiger partial charge in [0, 0.05) is 0 Å². The fraction of sp³-hybridized carbons (Fsp3) is 0. The Balaban J connectivity index is 1.42. The molecule has 0 unspecified atom stereocenters. The molecule has 9 aromatic rings. The van der Waals surface area contributed by atoms with Crippen molar-refractivity contribution in [3.63, 3.8) is 0 Å². The Labute approximate surface area is 268 Å². The number of hydrogen-bond acceptors (Lipinski definition) is 0. The molecule has 46 heavy (non-hydrogen) atoms. The van der Waals surface area contributed by atoms with Gasteiger partial charge in [-0.05, 0) is 112 Å². The van der Waals surface area contributed by atoms with Crippen molar-refractivity contribution in [1.29, 1.82) is 0 Å². The van der Waals surface area contributed by atoms with Crippen LogP contribution in [-0.4, -0.2) is 0 Å². The van der Waals surface area contributed by atoms with Gasteiger partial charge in [-0.2, -0.15) is 0 Å². The summed E-state index contributed by atoms with van der Waals surface area (Å²) in [4.78, 5) is 0. The minimum absolute atomic E-state index is 1.22. The monoisotopic (exact) mass is 582 g/mol. The molecule has 0 aromatic heterocycles. The van der Waals surface area contributed by atoms with E-state index in [1.54, 1.807) is 0 Å². The number of rotatable bonds is 4. The summed E-state index contributed by atoms with van der Waals surface area (Å²) < 4.78 is 0. The fourth-order valence-electron chi connectivity index (χ4n) is 7.24. The topological polar surface area (TPSA) is 0 Å². The summed E-state index contributed by atoms with van der Waals surface area (Å²) in [6, 6.07) is 66.7. The second-order valence-electron chi connectivity index (χ2n) is 12.1. The second-order valence-corrected chi connectivity index (χ2v) is 12.1. The first kappa shape index (κ1) is 26.4. The molecule has 0 saturated heterocycles. The third-order valence-electron chi connectivity index (χ3n) is 9.41. The summed E-state index contributed by atoms with van der Waals surface area (Å²) in [5.41, 5.74) is 9.96. The van der Waals surface area contributed by atoms with Gasteiger partial charge < -0.3 is 0 Å². The minimum Gasteiger partial charge on any atom is -0.0622 e. The molecule has 9 rings (SSSR count). The van der Waals surface area contributed by atoms with Crippen LogP contribution in [0.4, 0.5) is 0 Å². The molecule has 0 bridgehead atoms. The molecule has 0 aliphatic carbocycles. The van der Waals surface area contributed by atoms with Crippen LogP contribution in [0.15, 0.2) is 182 Å². The van der Waals surface area contributed by atoms with Crippen LogP contribution in [0.1, 0.15) is 0 Å². The van der Waals surface area contributed by atoms with E-state index in [-0.39, 0.29) is 0 Å². The van der Waals surface area contributed by atoms with Gasteiger partial charge in [0.15, 0.2) is 0 Å². The van der Waals surface area contributed by atoms with Gasteiger partial charge in [0.05, 0.1) is 0 Å². The van der Waals surface area contributed by atoms with E-state index in [0.717, 1.165) is 0 Å². The lowest BCUT2D eigenvalue weighted by atomic mass is 9.82. The molecule has 0 spiro atoms. The molecule has 0 amide bonds. The Kier molecular flexibility index (Phi) is 6.25. The highest BCUT2D eigenvalue weighted by atomic mass is 14.2. The first-order chi connectivity index (χ1) is 22.8. The molecule has 0 saturated carbocycles. The summed E-state index contributed by atoms with van der Waals surface area (Å²) in [6.45, 7) is 0. The normalized spacial score (nSPS) is 11.5. The minimum atomic E-state index is 1.22. The van der Waals surface area contributed by atoms with E-state index in [4.69, 9.17) is 0 Å². The van der Waals surface area contributed by atoms with Gasteiger partial charge in [0.2, 0.25) is 0 Å². The highest BCUT2D eigenvalue weighted by molar-refractivity contribution is 6.23. The van der Waals surface area contributed by atoms with Crippen LogP contribution in [0.25, 0.3) is 87.6 Å². The molecule has 214 valence electrons. The van der Waals surface area contributed by atoms with E-state index >= 15 is 0 Å². The van der Waals surface area contributed by atoms with Gasteiger partial charge in [-0.1, -0.05) is 158 Å². The lowest BCUT2D eigenvalue weighted by Crippen LogP contribution is -1.94. The zero-order valence-electron chi connectivity index (χ0n) is 25.3. The summed E-state index contributed by atoms with van der Waals surface area (Å²) in [5, 5.41) is 10.1. The Hall–Kier alpha value is -5.98. The number of benzene rings is 9. The molecule has 0 radical (unpaired) electrons. The van der Waals surface area contributed by atoms with E-state index in [1.807, 2.05) is 0 Å². The maximum Gasteiger partial charge on any atom is -0.00199 e. The Morgan fingerprint density at radius 3 is 1.39 bits per heavy atom. The molecule has 0 aliphatic rings. The second kappa shape index (κ2) is 10.9. The van der Waals surface area contributed by atoms with E-state index in [1.165, 1.54) is 87.6 Å². The molecule has 9 aromatic carbocycles. The average Bonchev–Trinajstić information content (AvgIpc) is 3.13. The lowest BCUT2D eigenvalue weighted by Gasteiger charge is -2.21. The van der Waals surface area contributed by atoms with Crippen molar-refractivity contribution in [2.75, 3.05) is 0 Å². The van der Waals surface area contributed by atoms with Crippen molar-refractivity contribution in [3.8, 4) is 44.5 Å². The van der Waals surface area contributed by atoms with Crippen molar-refractivity contribution >= 4 is 43.1 Å². The predicted molar refractivity (Wildman–Crippen MR) is 198 cm³/mol. The molecule has 0 aliphatic heterocycles. The van der Waals surface area contributed by atoms with Gasteiger partial charge in [-0.3, -0.25) is 0 Å². The first-order valence-corrected chi connectivity index (χ1v) is 15.9. The third kappa shape index (κ3) is 4.38. The SMILES string of the molecule is c1ccc(-c2cc3ccccc3cc2-c2c3ccccc3c(-c3ccccc3)c3cc(-c4ccc5ccccc5c4)ccc23)cc1. The van der Waals surface area contributed by atoms with Crippen LogP contribution in [0.3, 0.4) is 0 Å². The van der Waals surface area contributed by atoms with Crippen LogP contribution in [-0.2, 0) is 0 Å². The van der Waals surface area contributed by atoms with Crippen LogP contribution >= 0.6 is 0 Å². The summed E-state index contributed by atoms with van der Waals surface area (Å²) in [5.74, 6) is 0. The third-order valence-corrected chi connectivity index (χ3v) is 9.41. The summed E-state index contributed by atoms with van der Waals surface area (Å²) >= 11 is 0. The zero-order valence-corrected chi connectivity index (χ0v) is 25.3. The Morgan fingerprint density at radius 1 is 0.217 bits per heavy atom. The van der Waals surface area contributed by atoms with Gasteiger partial charge in [0.1, 0.15) is 0 Å². The molecule has 0 heterocycles. The highest BCUT2D eigenvalue weighted by Gasteiger charge is 2.20. The Bertz CT molecular complexity index is 2560. The van der Waals surface area contributed by atoms with Crippen LogP contribution < -0.4 is 0 Å². The van der Waals surface area contributed by atoms with Crippen molar-refractivity contribution in [3.05, 3.63) is 182 Å². The maximum atomic E-state index is 2.42. The smallest absolute Gasteiger partial charge is 0.00199 e. The quantitative estimate of drug-likeness (QED) is 0.181. The van der Waals surface area contributed by atoms with Gasteiger partial charge in [0.25, 0.3) is 0 Å². The first-order valence-electron chi connectivity index (χ1n) is 15.9. The molecule has 0 heteroatoms.